The van der Waals surface area contributed by atoms with Crippen molar-refractivity contribution in [2.24, 2.45) is 0 Å². The number of nitrogens with one attached hydrogen (secondary N) is 1. The number of nitrogens with zero attached hydrogens (tertiary/aromatic N) is 3. The lowest BCUT2D eigenvalue weighted by atomic mass is 10.0. The van der Waals surface area contributed by atoms with Crippen molar-refractivity contribution in [3.63, 3.8) is 0 Å². The minimum atomic E-state index is -0.109. The van der Waals surface area contributed by atoms with Gasteiger partial charge in [-0.15, -0.1) is 0 Å². The summed E-state index contributed by atoms with van der Waals surface area (Å²) in [5.74, 6) is 0. The van der Waals surface area contributed by atoms with Gasteiger partial charge in [0, 0.05) is 35.3 Å². The van der Waals surface area contributed by atoms with Gasteiger partial charge in [0.15, 0.2) is 5.11 Å². The largest absolute Gasteiger partial charge is 0.395 e. The molecular formula is C21H21ClN4OS. The van der Waals surface area contributed by atoms with E-state index in [1.807, 2.05) is 54.4 Å². The van der Waals surface area contributed by atoms with Crippen LogP contribution in [0.2, 0.25) is 5.02 Å². The molecule has 0 unspecified atom stereocenters. The van der Waals surface area contributed by atoms with E-state index >= 15 is 0 Å². The molecule has 5 nitrogen and oxygen atoms in total. The fourth-order valence-corrected chi connectivity index (χ4v) is 4.17. The van der Waals surface area contributed by atoms with Crippen LogP contribution < -0.4 is 5.32 Å². The van der Waals surface area contributed by atoms with E-state index in [9.17, 15) is 5.11 Å². The molecule has 2 atom stereocenters. The number of thiocarbonyl (C=S) groups is 1. The Morgan fingerprint density at radius 3 is 2.79 bits per heavy atom. The number of aryl methyl sites for hydroxylation is 1. The van der Waals surface area contributed by atoms with Gasteiger partial charge in [0.25, 0.3) is 0 Å². The lowest BCUT2D eigenvalue weighted by molar-refractivity contribution is 0.220. The van der Waals surface area contributed by atoms with E-state index in [0.29, 0.717) is 11.7 Å². The van der Waals surface area contributed by atoms with E-state index in [4.69, 9.17) is 23.8 Å². The average molecular weight is 413 g/mol. The second-order valence-corrected chi connectivity index (χ2v) is 7.57. The molecule has 2 N–H and O–H groups in total. The molecule has 1 aliphatic heterocycles. The number of benzene rings is 1. The number of aliphatic hydroxyl groups excluding tert-OH is 1. The van der Waals surface area contributed by atoms with E-state index < -0.39 is 0 Å². The highest BCUT2D eigenvalue weighted by Gasteiger charge is 2.40. The van der Waals surface area contributed by atoms with Gasteiger partial charge < -0.3 is 19.9 Å². The molecule has 1 fully saturated rings. The smallest absolute Gasteiger partial charge is 0.170 e. The van der Waals surface area contributed by atoms with Crippen molar-refractivity contribution in [3.8, 4) is 5.69 Å². The first-order valence-electron chi connectivity index (χ1n) is 9.13. The highest BCUT2D eigenvalue weighted by molar-refractivity contribution is 7.80. The van der Waals surface area contributed by atoms with Crippen molar-refractivity contribution in [2.75, 3.05) is 13.2 Å². The molecule has 0 saturated carbocycles. The molecule has 1 aromatic carbocycles. The summed E-state index contributed by atoms with van der Waals surface area (Å²) in [6, 6.07) is 15.8. The minimum absolute atomic E-state index is 0.0218. The fraction of sp³-hybridized carbons (Fsp3) is 0.238. The number of halogens is 1. The van der Waals surface area contributed by atoms with Crippen molar-refractivity contribution in [2.45, 2.75) is 19.0 Å². The van der Waals surface area contributed by atoms with E-state index in [-0.39, 0.29) is 18.7 Å². The zero-order valence-electron chi connectivity index (χ0n) is 15.4. The molecule has 7 heteroatoms. The van der Waals surface area contributed by atoms with Crippen LogP contribution in [0.4, 0.5) is 0 Å². The van der Waals surface area contributed by atoms with Crippen LogP contribution in [0.1, 0.15) is 29.0 Å². The van der Waals surface area contributed by atoms with Gasteiger partial charge in [-0.25, -0.2) is 0 Å². The Hall–Kier alpha value is -2.41. The van der Waals surface area contributed by atoms with Gasteiger partial charge in [0.1, 0.15) is 0 Å². The highest BCUT2D eigenvalue weighted by Crippen LogP contribution is 2.39. The quantitative estimate of drug-likeness (QED) is 0.624. The number of β-amino-alcohol motifs (C(OH)–C–C–N with tert-alkyl or cyclic N) is 1. The van der Waals surface area contributed by atoms with Crippen molar-refractivity contribution < 1.29 is 5.11 Å². The van der Waals surface area contributed by atoms with Gasteiger partial charge in [-0.2, -0.15) is 0 Å². The van der Waals surface area contributed by atoms with Crippen molar-refractivity contribution >= 4 is 28.9 Å². The Bertz CT molecular complexity index is 991. The summed E-state index contributed by atoms with van der Waals surface area (Å²) in [5, 5.41) is 14.4. The van der Waals surface area contributed by atoms with Crippen LogP contribution in [0.5, 0.6) is 0 Å². The first kappa shape index (κ1) is 18.9. The van der Waals surface area contributed by atoms with Crippen LogP contribution in [0.3, 0.4) is 0 Å². The third-order valence-corrected chi connectivity index (χ3v) is 5.82. The van der Waals surface area contributed by atoms with Crippen LogP contribution in [0.25, 0.3) is 5.69 Å². The molecule has 1 aliphatic rings. The third-order valence-electron chi connectivity index (χ3n) is 5.04. The van der Waals surface area contributed by atoms with Gasteiger partial charge in [-0.05, 0) is 67.2 Å². The van der Waals surface area contributed by atoms with Crippen LogP contribution in [0.15, 0.2) is 60.9 Å². The summed E-state index contributed by atoms with van der Waals surface area (Å²) < 4.78 is 2.14. The Kier molecular flexibility index (Phi) is 5.35. The third kappa shape index (κ3) is 3.39. The lowest BCUT2D eigenvalue weighted by Gasteiger charge is -2.28. The van der Waals surface area contributed by atoms with Gasteiger partial charge in [0.05, 0.1) is 24.4 Å². The molecule has 1 saturated heterocycles. The molecule has 0 aliphatic carbocycles. The summed E-state index contributed by atoms with van der Waals surface area (Å²) in [6.07, 6.45) is 3.82. The van der Waals surface area contributed by atoms with Crippen LogP contribution in [-0.2, 0) is 0 Å². The van der Waals surface area contributed by atoms with Crippen molar-refractivity contribution in [1.82, 2.24) is 19.8 Å². The lowest BCUT2D eigenvalue weighted by Crippen LogP contribution is -2.32. The maximum Gasteiger partial charge on any atom is 0.170 e. The number of aromatic nitrogens is 2. The second kappa shape index (κ2) is 7.91. The van der Waals surface area contributed by atoms with E-state index in [1.54, 1.807) is 6.20 Å². The molecular weight excluding hydrogens is 392 g/mol. The molecule has 0 radical (unpaired) electrons. The Labute approximate surface area is 174 Å². The van der Waals surface area contributed by atoms with Crippen LogP contribution in [0, 0.1) is 6.92 Å². The zero-order chi connectivity index (χ0) is 19.7. The Morgan fingerprint density at radius 1 is 1.21 bits per heavy atom. The monoisotopic (exact) mass is 412 g/mol. The SMILES string of the molecule is Cc1cc(-n2cccc2[C@@H]2[C@@H](c3ccccn3)NC(=S)N2CCO)ccc1Cl. The molecule has 0 spiro atoms. The summed E-state index contributed by atoms with van der Waals surface area (Å²) in [4.78, 5) is 6.57. The summed E-state index contributed by atoms with van der Waals surface area (Å²) >= 11 is 11.8. The predicted molar refractivity (Wildman–Crippen MR) is 115 cm³/mol. The summed E-state index contributed by atoms with van der Waals surface area (Å²) in [6.45, 7) is 2.47. The number of hydrogen-bond acceptors (Lipinski definition) is 3. The average Bonchev–Trinajstić information content (AvgIpc) is 3.30. The molecule has 2 aromatic heterocycles. The van der Waals surface area contributed by atoms with Crippen LogP contribution >= 0.6 is 23.8 Å². The molecule has 3 aromatic rings. The first-order chi connectivity index (χ1) is 13.6. The predicted octanol–water partition coefficient (Wildman–Crippen LogP) is 3.80. The Balaban J connectivity index is 1.81. The van der Waals surface area contributed by atoms with E-state index in [2.05, 4.69) is 27.0 Å². The molecule has 0 bridgehead atoms. The maximum absolute atomic E-state index is 9.60. The van der Waals surface area contributed by atoms with Gasteiger partial charge in [-0.1, -0.05) is 17.7 Å². The van der Waals surface area contributed by atoms with Crippen LogP contribution in [-0.4, -0.2) is 37.8 Å². The fourth-order valence-electron chi connectivity index (χ4n) is 3.72. The standard InChI is InChI=1S/C21H21ClN4OS/c1-14-13-15(7-8-16(14)22)25-10-4-6-18(25)20-19(17-5-2-3-9-23-17)24-21(28)26(20)11-12-27/h2-10,13,19-20,27H,11-12H2,1H3,(H,24,28)/t19-,20-/m1/s1. The molecule has 28 heavy (non-hydrogen) atoms. The summed E-state index contributed by atoms with van der Waals surface area (Å²) in [5.41, 5.74) is 4.03. The number of rotatable bonds is 5. The molecule has 4 rings (SSSR count). The zero-order valence-corrected chi connectivity index (χ0v) is 17.0. The van der Waals surface area contributed by atoms with Gasteiger partial charge in [0.2, 0.25) is 0 Å². The minimum Gasteiger partial charge on any atom is -0.395 e. The number of pyridine rings is 1. The van der Waals surface area contributed by atoms with Gasteiger partial charge >= 0.3 is 0 Å². The van der Waals surface area contributed by atoms with Crippen molar-refractivity contribution in [1.29, 1.82) is 0 Å². The van der Waals surface area contributed by atoms with E-state index in [1.165, 1.54) is 0 Å². The highest BCUT2D eigenvalue weighted by atomic mass is 35.5. The Morgan fingerprint density at radius 2 is 2.07 bits per heavy atom. The molecule has 3 heterocycles. The molecule has 0 amide bonds. The van der Waals surface area contributed by atoms with E-state index in [0.717, 1.165) is 27.7 Å². The summed E-state index contributed by atoms with van der Waals surface area (Å²) in [7, 11) is 0. The number of hydrogen-bond donors (Lipinski definition) is 2. The number of aliphatic hydroxyl groups is 1. The topological polar surface area (TPSA) is 53.3 Å². The first-order valence-corrected chi connectivity index (χ1v) is 9.91. The van der Waals surface area contributed by atoms with Crippen molar-refractivity contribution in [3.05, 3.63) is 82.9 Å². The molecule has 144 valence electrons. The second-order valence-electron chi connectivity index (χ2n) is 6.78. The van der Waals surface area contributed by atoms with Gasteiger partial charge in [-0.3, -0.25) is 4.98 Å². The maximum atomic E-state index is 9.60. The normalized spacial score (nSPS) is 19.1.